The quantitative estimate of drug-likeness (QED) is 0.708. The van der Waals surface area contributed by atoms with Crippen molar-refractivity contribution < 1.29 is 0 Å². The summed E-state index contributed by atoms with van der Waals surface area (Å²) in [5.41, 5.74) is 3.57. The smallest absolute Gasteiger partial charge is 0.148 e. The van der Waals surface area contributed by atoms with E-state index < -0.39 is 0 Å². The van der Waals surface area contributed by atoms with E-state index in [0.29, 0.717) is 10.8 Å². The van der Waals surface area contributed by atoms with Gasteiger partial charge in [-0.2, -0.15) is 0 Å². The van der Waals surface area contributed by atoms with Crippen LogP contribution < -0.4 is 0 Å². The van der Waals surface area contributed by atoms with Crippen molar-refractivity contribution in [2.24, 2.45) is 0 Å². The highest BCUT2D eigenvalue weighted by molar-refractivity contribution is 6.30. The van der Waals surface area contributed by atoms with Gasteiger partial charge in [0.1, 0.15) is 17.2 Å². The number of hydrogen-bond donors (Lipinski definition) is 0. The van der Waals surface area contributed by atoms with E-state index in [0.717, 1.165) is 22.5 Å². The highest BCUT2D eigenvalue weighted by Gasteiger charge is 2.11. The number of halogens is 1. The van der Waals surface area contributed by atoms with Crippen LogP contribution in [0.4, 0.5) is 0 Å². The maximum absolute atomic E-state index is 5.94. The molecular weight excluding hydrogens is 270 g/mol. The monoisotopic (exact) mass is 281 g/mol. The predicted octanol–water partition coefficient (Wildman–Crippen LogP) is 4.17. The summed E-state index contributed by atoms with van der Waals surface area (Å²) in [6.45, 7) is 1.83. The minimum Gasteiger partial charge on any atom is -0.229 e. The number of nitrogens with zero attached hydrogens (tertiary/aromatic N) is 3. The Kier molecular flexibility index (Phi) is 3.44. The molecule has 0 aliphatic heterocycles. The molecule has 3 nitrogen and oxygen atoms in total. The molecule has 2 aromatic carbocycles. The SMILES string of the molecule is Cc1nnc(-c2ccccc2)c(-c2ccc(Cl)cc2)n1. The molecule has 98 valence electrons. The van der Waals surface area contributed by atoms with Gasteiger partial charge in [0.2, 0.25) is 0 Å². The Morgan fingerprint density at radius 1 is 0.750 bits per heavy atom. The van der Waals surface area contributed by atoms with Gasteiger partial charge in [0, 0.05) is 16.1 Å². The summed E-state index contributed by atoms with van der Waals surface area (Å²) in [6.07, 6.45) is 0. The van der Waals surface area contributed by atoms with Gasteiger partial charge in [-0.05, 0) is 19.1 Å². The highest BCUT2D eigenvalue weighted by atomic mass is 35.5. The van der Waals surface area contributed by atoms with Crippen LogP contribution in [0.2, 0.25) is 5.02 Å². The second-order valence-electron chi connectivity index (χ2n) is 4.43. The predicted molar refractivity (Wildman–Crippen MR) is 80.4 cm³/mol. The first-order chi connectivity index (χ1) is 9.74. The zero-order chi connectivity index (χ0) is 13.9. The molecule has 0 spiro atoms. The maximum Gasteiger partial charge on any atom is 0.148 e. The van der Waals surface area contributed by atoms with E-state index in [9.17, 15) is 0 Å². The zero-order valence-corrected chi connectivity index (χ0v) is 11.7. The minimum atomic E-state index is 0.648. The van der Waals surface area contributed by atoms with Crippen LogP contribution in [0.1, 0.15) is 5.82 Å². The number of hydrogen-bond acceptors (Lipinski definition) is 3. The van der Waals surface area contributed by atoms with Crippen molar-refractivity contribution in [3.63, 3.8) is 0 Å². The lowest BCUT2D eigenvalue weighted by Crippen LogP contribution is -1.99. The second-order valence-corrected chi connectivity index (χ2v) is 4.87. The molecule has 0 bridgehead atoms. The number of benzene rings is 2. The van der Waals surface area contributed by atoms with Crippen LogP contribution in [0.15, 0.2) is 54.6 Å². The van der Waals surface area contributed by atoms with Crippen LogP contribution in [0.5, 0.6) is 0 Å². The van der Waals surface area contributed by atoms with Crippen molar-refractivity contribution in [3.8, 4) is 22.5 Å². The van der Waals surface area contributed by atoms with Crippen LogP contribution in [0.25, 0.3) is 22.5 Å². The van der Waals surface area contributed by atoms with Crippen molar-refractivity contribution in [1.29, 1.82) is 0 Å². The van der Waals surface area contributed by atoms with Crippen LogP contribution in [0.3, 0.4) is 0 Å². The molecule has 20 heavy (non-hydrogen) atoms. The van der Waals surface area contributed by atoms with E-state index in [1.165, 1.54) is 0 Å². The van der Waals surface area contributed by atoms with Gasteiger partial charge < -0.3 is 0 Å². The Labute approximate surface area is 122 Å². The second kappa shape index (κ2) is 5.39. The van der Waals surface area contributed by atoms with E-state index in [-0.39, 0.29) is 0 Å². The molecule has 0 unspecified atom stereocenters. The van der Waals surface area contributed by atoms with E-state index in [1.54, 1.807) is 0 Å². The fourth-order valence-corrected chi connectivity index (χ4v) is 2.13. The van der Waals surface area contributed by atoms with Gasteiger partial charge in [-0.1, -0.05) is 54.1 Å². The van der Waals surface area contributed by atoms with Gasteiger partial charge in [-0.15, -0.1) is 10.2 Å². The minimum absolute atomic E-state index is 0.648. The molecule has 0 atom stereocenters. The van der Waals surface area contributed by atoms with Crippen molar-refractivity contribution in [2.45, 2.75) is 6.92 Å². The van der Waals surface area contributed by atoms with Gasteiger partial charge in [0.15, 0.2) is 0 Å². The van der Waals surface area contributed by atoms with Crippen molar-refractivity contribution in [3.05, 3.63) is 65.4 Å². The summed E-state index contributed by atoms with van der Waals surface area (Å²) in [4.78, 5) is 4.53. The molecule has 1 heterocycles. The lowest BCUT2D eigenvalue weighted by Gasteiger charge is -2.08. The Morgan fingerprint density at radius 3 is 2.10 bits per heavy atom. The molecule has 0 radical (unpaired) electrons. The van der Waals surface area contributed by atoms with Crippen LogP contribution in [-0.4, -0.2) is 15.2 Å². The summed E-state index contributed by atoms with van der Waals surface area (Å²) in [7, 11) is 0. The van der Waals surface area contributed by atoms with Gasteiger partial charge in [-0.3, -0.25) is 0 Å². The third kappa shape index (κ3) is 2.53. The first-order valence-electron chi connectivity index (χ1n) is 6.27. The van der Waals surface area contributed by atoms with E-state index in [2.05, 4.69) is 15.2 Å². The van der Waals surface area contributed by atoms with Crippen LogP contribution >= 0.6 is 11.6 Å². The van der Waals surface area contributed by atoms with Gasteiger partial charge in [0.25, 0.3) is 0 Å². The van der Waals surface area contributed by atoms with Crippen molar-refractivity contribution in [2.75, 3.05) is 0 Å². The molecule has 0 aliphatic carbocycles. The molecule has 0 N–H and O–H groups in total. The van der Waals surface area contributed by atoms with E-state index in [1.807, 2.05) is 61.5 Å². The topological polar surface area (TPSA) is 38.7 Å². The largest absolute Gasteiger partial charge is 0.229 e. The van der Waals surface area contributed by atoms with E-state index >= 15 is 0 Å². The number of aryl methyl sites for hydroxylation is 1. The summed E-state index contributed by atoms with van der Waals surface area (Å²) < 4.78 is 0. The molecule has 1 aromatic heterocycles. The lowest BCUT2D eigenvalue weighted by atomic mass is 10.0. The summed E-state index contributed by atoms with van der Waals surface area (Å²) in [5, 5.41) is 9.08. The maximum atomic E-state index is 5.94. The first kappa shape index (κ1) is 12.8. The average Bonchev–Trinajstić information content (AvgIpc) is 2.49. The fraction of sp³-hybridized carbons (Fsp3) is 0.0625. The molecule has 0 aliphatic rings. The first-order valence-corrected chi connectivity index (χ1v) is 6.64. The molecule has 0 amide bonds. The standard InChI is InChI=1S/C16H12ClN3/c1-11-18-15(13-7-9-14(17)10-8-13)16(20-19-11)12-5-3-2-4-6-12/h2-10H,1H3. The van der Waals surface area contributed by atoms with Crippen LogP contribution in [-0.2, 0) is 0 Å². The Bertz CT molecular complexity index is 724. The third-order valence-electron chi connectivity index (χ3n) is 2.96. The molecule has 3 rings (SSSR count). The number of aromatic nitrogens is 3. The molecule has 0 fully saturated rings. The normalized spacial score (nSPS) is 10.5. The molecule has 0 saturated carbocycles. The average molecular weight is 282 g/mol. The Morgan fingerprint density at radius 2 is 1.40 bits per heavy atom. The van der Waals surface area contributed by atoms with Gasteiger partial charge in [-0.25, -0.2) is 4.98 Å². The Hall–Kier alpha value is -2.26. The molecular formula is C16H12ClN3. The lowest BCUT2D eigenvalue weighted by molar-refractivity contribution is 0.918. The van der Waals surface area contributed by atoms with E-state index in [4.69, 9.17) is 11.6 Å². The molecule has 0 saturated heterocycles. The van der Waals surface area contributed by atoms with Gasteiger partial charge in [0.05, 0.1) is 0 Å². The van der Waals surface area contributed by atoms with Crippen molar-refractivity contribution >= 4 is 11.6 Å². The Balaban J connectivity index is 2.19. The summed E-state index contributed by atoms with van der Waals surface area (Å²) in [5.74, 6) is 0.648. The number of rotatable bonds is 2. The van der Waals surface area contributed by atoms with Crippen LogP contribution in [0, 0.1) is 6.92 Å². The van der Waals surface area contributed by atoms with Crippen molar-refractivity contribution in [1.82, 2.24) is 15.2 Å². The third-order valence-corrected chi connectivity index (χ3v) is 3.21. The fourth-order valence-electron chi connectivity index (χ4n) is 2.01. The highest BCUT2D eigenvalue weighted by Crippen LogP contribution is 2.28. The summed E-state index contributed by atoms with van der Waals surface area (Å²) in [6, 6.07) is 17.5. The zero-order valence-electron chi connectivity index (χ0n) is 10.9. The molecule has 4 heteroatoms. The van der Waals surface area contributed by atoms with Gasteiger partial charge >= 0.3 is 0 Å². The summed E-state index contributed by atoms with van der Waals surface area (Å²) >= 11 is 5.94. The molecule has 3 aromatic rings.